The lowest BCUT2D eigenvalue weighted by molar-refractivity contribution is 0.235. The van der Waals surface area contributed by atoms with Crippen LogP contribution in [0.25, 0.3) is 0 Å². The molecule has 0 aliphatic heterocycles. The molecule has 2 atom stereocenters. The summed E-state index contributed by atoms with van der Waals surface area (Å²) in [6.45, 7) is 2.02. The second-order valence-electron chi connectivity index (χ2n) is 4.68. The maximum absolute atomic E-state index is 9.58. The van der Waals surface area contributed by atoms with Crippen LogP contribution < -0.4 is 5.32 Å². The molecule has 2 N–H and O–H groups in total. The van der Waals surface area contributed by atoms with Crippen molar-refractivity contribution in [1.82, 2.24) is 5.32 Å². The average molecular weight is 310 g/mol. The molecule has 106 valence electrons. The second-order valence-corrected chi connectivity index (χ2v) is 5.46. The van der Waals surface area contributed by atoms with Crippen molar-refractivity contribution in [3.8, 4) is 0 Å². The topological polar surface area (TPSA) is 32.3 Å². The second kappa shape index (κ2) is 7.09. The van der Waals surface area contributed by atoms with Gasteiger partial charge in [-0.25, -0.2) is 0 Å². The lowest BCUT2D eigenvalue weighted by atomic mass is 10.0. The zero-order valence-corrected chi connectivity index (χ0v) is 12.7. The van der Waals surface area contributed by atoms with Crippen LogP contribution in [0.3, 0.4) is 0 Å². The van der Waals surface area contributed by atoms with Gasteiger partial charge in [0.15, 0.2) is 0 Å². The van der Waals surface area contributed by atoms with Crippen LogP contribution in [0.1, 0.15) is 30.1 Å². The van der Waals surface area contributed by atoms with E-state index in [4.69, 9.17) is 23.2 Å². The predicted molar refractivity (Wildman–Crippen MR) is 84.3 cm³/mol. The van der Waals surface area contributed by atoms with E-state index < -0.39 is 0 Å². The van der Waals surface area contributed by atoms with Crippen LogP contribution in [-0.2, 0) is 0 Å². The highest BCUT2D eigenvalue weighted by Crippen LogP contribution is 2.30. The standard InChI is InChI=1S/C16H17Cl2NO/c1-11(13-8-5-9-14(17)16(13)18)19-15(10-20)12-6-3-2-4-7-12/h2-9,11,15,19-20H,10H2,1H3. The van der Waals surface area contributed by atoms with E-state index in [1.165, 1.54) is 0 Å². The van der Waals surface area contributed by atoms with Gasteiger partial charge in [0.25, 0.3) is 0 Å². The van der Waals surface area contributed by atoms with Crippen LogP contribution in [0.4, 0.5) is 0 Å². The van der Waals surface area contributed by atoms with Crippen LogP contribution >= 0.6 is 23.2 Å². The molecule has 2 rings (SSSR count). The molecular formula is C16H17Cl2NO. The largest absolute Gasteiger partial charge is 0.394 e. The van der Waals surface area contributed by atoms with Gasteiger partial charge in [-0.05, 0) is 24.1 Å². The molecular weight excluding hydrogens is 293 g/mol. The van der Waals surface area contributed by atoms with E-state index in [0.717, 1.165) is 11.1 Å². The first-order valence-corrected chi connectivity index (χ1v) is 7.25. The van der Waals surface area contributed by atoms with E-state index in [-0.39, 0.29) is 18.7 Å². The summed E-state index contributed by atoms with van der Waals surface area (Å²) in [5.74, 6) is 0. The average Bonchev–Trinajstić information content (AvgIpc) is 2.48. The molecule has 0 spiro atoms. The molecule has 0 fully saturated rings. The van der Waals surface area contributed by atoms with E-state index in [2.05, 4.69) is 5.32 Å². The van der Waals surface area contributed by atoms with Crippen LogP contribution in [0, 0.1) is 0 Å². The van der Waals surface area contributed by atoms with Crippen molar-refractivity contribution in [2.24, 2.45) is 0 Å². The molecule has 0 saturated carbocycles. The zero-order valence-electron chi connectivity index (χ0n) is 11.2. The highest BCUT2D eigenvalue weighted by molar-refractivity contribution is 6.42. The highest BCUT2D eigenvalue weighted by Gasteiger charge is 2.17. The number of hydrogen-bond acceptors (Lipinski definition) is 2. The van der Waals surface area contributed by atoms with Crippen LogP contribution in [0.5, 0.6) is 0 Å². The Hall–Kier alpha value is -1.06. The first-order valence-electron chi connectivity index (χ1n) is 6.49. The Morgan fingerprint density at radius 1 is 1.05 bits per heavy atom. The molecule has 2 nitrogen and oxygen atoms in total. The predicted octanol–water partition coefficient (Wildman–Crippen LogP) is 4.38. The number of nitrogens with one attached hydrogen (secondary N) is 1. The summed E-state index contributed by atoms with van der Waals surface area (Å²) in [5.41, 5.74) is 1.97. The number of aliphatic hydroxyl groups is 1. The van der Waals surface area contributed by atoms with Crippen molar-refractivity contribution in [2.75, 3.05) is 6.61 Å². The molecule has 2 aromatic carbocycles. The molecule has 0 bridgehead atoms. The van der Waals surface area contributed by atoms with Crippen molar-refractivity contribution >= 4 is 23.2 Å². The maximum atomic E-state index is 9.58. The molecule has 0 aliphatic rings. The molecule has 0 heterocycles. The van der Waals surface area contributed by atoms with Crippen molar-refractivity contribution < 1.29 is 5.11 Å². The van der Waals surface area contributed by atoms with Gasteiger partial charge in [-0.1, -0.05) is 65.7 Å². The van der Waals surface area contributed by atoms with E-state index in [0.29, 0.717) is 10.0 Å². The Labute approximate surface area is 129 Å². The number of hydrogen-bond donors (Lipinski definition) is 2. The quantitative estimate of drug-likeness (QED) is 0.859. The molecule has 2 aromatic rings. The van der Waals surface area contributed by atoms with Gasteiger partial charge < -0.3 is 10.4 Å². The lowest BCUT2D eigenvalue weighted by Crippen LogP contribution is -2.27. The van der Waals surface area contributed by atoms with Gasteiger partial charge in [-0.15, -0.1) is 0 Å². The summed E-state index contributed by atoms with van der Waals surface area (Å²) in [5, 5.41) is 14.0. The van der Waals surface area contributed by atoms with Gasteiger partial charge in [0.2, 0.25) is 0 Å². The monoisotopic (exact) mass is 309 g/mol. The number of benzene rings is 2. The van der Waals surface area contributed by atoms with Gasteiger partial charge in [-0.2, -0.15) is 0 Å². The van der Waals surface area contributed by atoms with Crippen LogP contribution in [0.2, 0.25) is 10.0 Å². The minimum atomic E-state index is -0.138. The Bertz CT molecular complexity index is 560. The molecule has 4 heteroatoms. The van der Waals surface area contributed by atoms with E-state index in [1.807, 2.05) is 49.4 Å². The third-order valence-corrected chi connectivity index (χ3v) is 4.12. The molecule has 20 heavy (non-hydrogen) atoms. The van der Waals surface area contributed by atoms with E-state index in [1.54, 1.807) is 6.07 Å². The molecule has 2 unspecified atom stereocenters. The zero-order chi connectivity index (χ0) is 14.5. The lowest BCUT2D eigenvalue weighted by Gasteiger charge is -2.23. The smallest absolute Gasteiger partial charge is 0.0639 e. The minimum Gasteiger partial charge on any atom is -0.394 e. The first-order chi connectivity index (χ1) is 9.63. The fraction of sp³-hybridized carbons (Fsp3) is 0.250. The van der Waals surface area contributed by atoms with Crippen molar-refractivity contribution in [1.29, 1.82) is 0 Å². The van der Waals surface area contributed by atoms with Gasteiger partial charge in [0.1, 0.15) is 0 Å². The normalized spacial score (nSPS) is 14.0. The van der Waals surface area contributed by atoms with E-state index >= 15 is 0 Å². The Morgan fingerprint density at radius 3 is 2.40 bits per heavy atom. The van der Waals surface area contributed by atoms with Crippen molar-refractivity contribution in [3.05, 3.63) is 69.7 Å². The molecule has 0 radical (unpaired) electrons. The number of halogens is 2. The fourth-order valence-electron chi connectivity index (χ4n) is 2.19. The van der Waals surface area contributed by atoms with Gasteiger partial charge in [0.05, 0.1) is 22.7 Å². The third kappa shape index (κ3) is 3.53. The highest BCUT2D eigenvalue weighted by atomic mass is 35.5. The Kier molecular flexibility index (Phi) is 5.44. The summed E-state index contributed by atoms with van der Waals surface area (Å²) < 4.78 is 0. The Morgan fingerprint density at radius 2 is 1.75 bits per heavy atom. The molecule has 0 saturated heterocycles. The van der Waals surface area contributed by atoms with Crippen LogP contribution in [0.15, 0.2) is 48.5 Å². The van der Waals surface area contributed by atoms with Gasteiger partial charge in [0, 0.05) is 6.04 Å². The van der Waals surface area contributed by atoms with Crippen molar-refractivity contribution in [3.63, 3.8) is 0 Å². The molecule has 0 aromatic heterocycles. The third-order valence-electron chi connectivity index (χ3n) is 3.28. The molecule has 0 amide bonds. The summed E-state index contributed by atoms with van der Waals surface area (Å²) in [4.78, 5) is 0. The fourth-order valence-corrected chi connectivity index (χ4v) is 2.66. The maximum Gasteiger partial charge on any atom is 0.0639 e. The van der Waals surface area contributed by atoms with Gasteiger partial charge >= 0.3 is 0 Å². The number of aliphatic hydroxyl groups excluding tert-OH is 1. The van der Waals surface area contributed by atoms with E-state index in [9.17, 15) is 5.11 Å². The minimum absolute atomic E-state index is 0.0152. The van der Waals surface area contributed by atoms with Crippen molar-refractivity contribution in [2.45, 2.75) is 19.0 Å². The Balaban J connectivity index is 2.17. The summed E-state index contributed by atoms with van der Waals surface area (Å²) >= 11 is 12.3. The summed E-state index contributed by atoms with van der Waals surface area (Å²) in [6.07, 6.45) is 0. The summed E-state index contributed by atoms with van der Waals surface area (Å²) in [6, 6.07) is 15.3. The molecule has 0 aliphatic carbocycles. The first kappa shape index (κ1) is 15.3. The van der Waals surface area contributed by atoms with Crippen LogP contribution in [-0.4, -0.2) is 11.7 Å². The van der Waals surface area contributed by atoms with Gasteiger partial charge in [-0.3, -0.25) is 0 Å². The SMILES string of the molecule is CC(NC(CO)c1ccccc1)c1cccc(Cl)c1Cl. The number of rotatable bonds is 5. The summed E-state index contributed by atoms with van der Waals surface area (Å²) in [7, 11) is 0.